The van der Waals surface area contributed by atoms with Gasteiger partial charge in [-0.25, -0.2) is 4.98 Å². The maximum atomic E-state index is 13.3. The minimum absolute atomic E-state index is 0.193. The van der Waals surface area contributed by atoms with Gasteiger partial charge in [0.2, 0.25) is 5.91 Å². The van der Waals surface area contributed by atoms with Crippen molar-refractivity contribution in [2.75, 3.05) is 26.1 Å². The van der Waals surface area contributed by atoms with Crippen molar-refractivity contribution in [1.82, 2.24) is 9.55 Å². The van der Waals surface area contributed by atoms with E-state index in [2.05, 4.69) is 17.2 Å². The molecule has 0 spiro atoms. The number of thiophene rings is 1. The van der Waals surface area contributed by atoms with Crippen molar-refractivity contribution in [1.29, 1.82) is 0 Å². The summed E-state index contributed by atoms with van der Waals surface area (Å²) in [6.07, 6.45) is 2.33. The number of anilines is 1. The predicted octanol–water partition coefficient (Wildman–Crippen LogP) is 4.57. The van der Waals surface area contributed by atoms with Crippen LogP contribution in [-0.4, -0.2) is 36.3 Å². The molecule has 0 aliphatic rings. The second-order valence-corrected chi connectivity index (χ2v) is 8.35. The normalized spacial score (nSPS) is 10.8. The van der Waals surface area contributed by atoms with Crippen molar-refractivity contribution in [3.63, 3.8) is 0 Å². The Bertz CT molecular complexity index is 1360. The van der Waals surface area contributed by atoms with Gasteiger partial charge in [-0.05, 0) is 36.2 Å². The molecule has 1 amide bonds. The molecule has 34 heavy (non-hydrogen) atoms. The van der Waals surface area contributed by atoms with Crippen molar-refractivity contribution < 1.29 is 19.0 Å². The fourth-order valence-electron chi connectivity index (χ4n) is 3.50. The van der Waals surface area contributed by atoms with E-state index < -0.39 is 0 Å². The lowest BCUT2D eigenvalue weighted by molar-refractivity contribution is -0.116. The van der Waals surface area contributed by atoms with Crippen molar-refractivity contribution >= 4 is 33.1 Å². The molecule has 2 aromatic heterocycles. The summed E-state index contributed by atoms with van der Waals surface area (Å²) in [7, 11) is 3.05. The number of hydrogen-bond acceptors (Lipinski definition) is 7. The van der Waals surface area contributed by atoms with Crippen molar-refractivity contribution in [2.24, 2.45) is 0 Å². The highest BCUT2D eigenvalue weighted by Crippen LogP contribution is 2.32. The minimum Gasteiger partial charge on any atom is -0.497 e. The fourth-order valence-corrected chi connectivity index (χ4v) is 4.41. The molecule has 0 radical (unpaired) electrons. The Labute approximate surface area is 200 Å². The van der Waals surface area contributed by atoms with Gasteiger partial charge < -0.3 is 19.5 Å². The van der Waals surface area contributed by atoms with E-state index in [1.807, 2.05) is 29.6 Å². The van der Waals surface area contributed by atoms with Crippen molar-refractivity contribution in [3.05, 3.63) is 64.5 Å². The standard InChI is InChI=1S/C25H25N3O5S/c1-4-11-33-17-7-5-16(6-8-17)19-14-34-24-23(19)25(30)28(15-26-24)13-22(29)27-20-12-18(31-2)9-10-21(20)32-3/h5-10,12,14-15H,4,11,13H2,1-3H3,(H,27,29). The third kappa shape index (κ3) is 4.89. The van der Waals surface area contributed by atoms with Crippen molar-refractivity contribution in [3.8, 4) is 28.4 Å². The maximum absolute atomic E-state index is 13.3. The molecule has 0 bridgehead atoms. The fraction of sp³-hybridized carbons (Fsp3) is 0.240. The van der Waals surface area contributed by atoms with Crippen LogP contribution in [0.15, 0.2) is 59.0 Å². The quantitative estimate of drug-likeness (QED) is 0.378. The largest absolute Gasteiger partial charge is 0.497 e. The summed E-state index contributed by atoms with van der Waals surface area (Å²) in [5, 5.41) is 5.18. The van der Waals surface area contributed by atoms with Crippen LogP contribution in [0.2, 0.25) is 0 Å². The van der Waals surface area contributed by atoms with Crippen LogP contribution in [0.3, 0.4) is 0 Å². The molecule has 4 aromatic rings. The number of carbonyl (C=O) groups is 1. The molecule has 2 aromatic carbocycles. The summed E-state index contributed by atoms with van der Waals surface area (Å²) in [5.41, 5.74) is 1.84. The number of methoxy groups -OCH3 is 2. The van der Waals surface area contributed by atoms with Gasteiger partial charge in [-0.3, -0.25) is 14.2 Å². The molecule has 1 N–H and O–H groups in total. The van der Waals surface area contributed by atoms with Crippen LogP contribution in [0.4, 0.5) is 5.69 Å². The molecule has 0 fully saturated rings. The number of hydrogen-bond donors (Lipinski definition) is 1. The van der Waals surface area contributed by atoms with Crippen LogP contribution in [0, 0.1) is 0 Å². The molecular formula is C25H25N3O5S. The second kappa shape index (κ2) is 10.4. The molecule has 2 heterocycles. The number of benzene rings is 2. The zero-order valence-corrected chi connectivity index (χ0v) is 20.0. The average Bonchev–Trinajstić information content (AvgIpc) is 3.29. The molecule has 0 unspecified atom stereocenters. The first-order valence-electron chi connectivity index (χ1n) is 10.8. The lowest BCUT2D eigenvalue weighted by Gasteiger charge is -2.12. The van der Waals surface area contributed by atoms with Crippen LogP contribution < -0.4 is 25.1 Å². The number of aromatic nitrogens is 2. The smallest absolute Gasteiger partial charge is 0.263 e. The molecule has 176 valence electrons. The first-order valence-corrected chi connectivity index (χ1v) is 11.6. The molecule has 0 saturated heterocycles. The lowest BCUT2D eigenvalue weighted by atomic mass is 10.1. The third-order valence-electron chi connectivity index (χ3n) is 5.19. The number of nitrogens with zero attached hydrogens (tertiary/aromatic N) is 2. The Hall–Kier alpha value is -3.85. The number of rotatable bonds is 9. The topological polar surface area (TPSA) is 91.7 Å². The van der Waals surface area contributed by atoms with Crippen LogP contribution in [-0.2, 0) is 11.3 Å². The summed E-state index contributed by atoms with van der Waals surface area (Å²) in [4.78, 5) is 31.1. The number of ether oxygens (including phenoxy) is 3. The summed E-state index contributed by atoms with van der Waals surface area (Å²) in [6.45, 7) is 2.51. The first-order chi connectivity index (χ1) is 16.5. The Morgan fingerprint density at radius 1 is 1.09 bits per heavy atom. The van der Waals surface area contributed by atoms with Crippen LogP contribution >= 0.6 is 11.3 Å². The third-order valence-corrected chi connectivity index (χ3v) is 6.08. The number of fused-ring (bicyclic) bond motifs is 1. The molecule has 8 nitrogen and oxygen atoms in total. The van der Waals surface area contributed by atoms with Crippen LogP contribution in [0.25, 0.3) is 21.3 Å². The Morgan fingerprint density at radius 3 is 2.56 bits per heavy atom. The zero-order valence-electron chi connectivity index (χ0n) is 19.2. The van der Waals surface area contributed by atoms with Gasteiger partial charge >= 0.3 is 0 Å². The van der Waals surface area contributed by atoms with Gasteiger partial charge in [-0.1, -0.05) is 19.1 Å². The highest BCUT2D eigenvalue weighted by molar-refractivity contribution is 7.17. The molecule has 0 atom stereocenters. The number of amides is 1. The van der Waals surface area contributed by atoms with Crippen molar-refractivity contribution in [2.45, 2.75) is 19.9 Å². The molecule has 0 aliphatic carbocycles. The van der Waals surface area contributed by atoms with Gasteiger partial charge in [0.15, 0.2) is 0 Å². The molecule has 0 aliphatic heterocycles. The van der Waals surface area contributed by atoms with E-state index >= 15 is 0 Å². The van der Waals surface area contributed by atoms with Gasteiger partial charge in [0, 0.05) is 17.0 Å². The van der Waals surface area contributed by atoms with Gasteiger partial charge in [0.25, 0.3) is 5.56 Å². The monoisotopic (exact) mass is 479 g/mol. The molecule has 4 rings (SSSR count). The van der Waals surface area contributed by atoms with E-state index in [0.29, 0.717) is 34.0 Å². The van der Waals surface area contributed by atoms with E-state index in [9.17, 15) is 9.59 Å². The Morgan fingerprint density at radius 2 is 1.85 bits per heavy atom. The maximum Gasteiger partial charge on any atom is 0.263 e. The summed E-state index contributed by atoms with van der Waals surface area (Å²) in [5.74, 6) is 1.46. The summed E-state index contributed by atoms with van der Waals surface area (Å²) in [6, 6.07) is 12.7. The summed E-state index contributed by atoms with van der Waals surface area (Å²) < 4.78 is 17.5. The molecule has 0 saturated carbocycles. The lowest BCUT2D eigenvalue weighted by Crippen LogP contribution is -2.28. The van der Waals surface area contributed by atoms with Gasteiger partial charge in [-0.15, -0.1) is 11.3 Å². The highest BCUT2D eigenvalue weighted by Gasteiger charge is 2.16. The minimum atomic E-state index is -0.385. The van der Waals surface area contributed by atoms with Gasteiger partial charge in [-0.2, -0.15) is 0 Å². The Kier molecular flexibility index (Phi) is 7.12. The van der Waals surface area contributed by atoms with Crippen LogP contribution in [0.5, 0.6) is 17.2 Å². The van der Waals surface area contributed by atoms with E-state index in [1.54, 1.807) is 18.2 Å². The van der Waals surface area contributed by atoms with Crippen LogP contribution in [0.1, 0.15) is 13.3 Å². The Balaban J connectivity index is 1.59. The number of nitrogens with one attached hydrogen (secondary N) is 1. The molecular weight excluding hydrogens is 454 g/mol. The second-order valence-electron chi connectivity index (χ2n) is 7.49. The number of carbonyl (C=O) groups excluding carboxylic acids is 1. The van der Waals surface area contributed by atoms with Gasteiger partial charge in [0.05, 0.1) is 38.2 Å². The molecule has 9 heteroatoms. The summed E-state index contributed by atoms with van der Waals surface area (Å²) >= 11 is 1.39. The SMILES string of the molecule is CCCOc1ccc(-c2csc3ncn(CC(=O)Nc4cc(OC)ccc4OC)c(=O)c23)cc1. The first kappa shape index (κ1) is 23.3. The zero-order chi connectivity index (χ0) is 24.1. The van der Waals surface area contributed by atoms with E-state index in [1.165, 1.54) is 36.5 Å². The highest BCUT2D eigenvalue weighted by atomic mass is 32.1. The van der Waals surface area contributed by atoms with E-state index in [-0.39, 0.29) is 18.0 Å². The van der Waals surface area contributed by atoms with E-state index in [0.717, 1.165) is 23.3 Å². The van der Waals surface area contributed by atoms with E-state index in [4.69, 9.17) is 14.2 Å². The predicted molar refractivity (Wildman–Crippen MR) is 133 cm³/mol. The van der Waals surface area contributed by atoms with Gasteiger partial charge in [0.1, 0.15) is 28.6 Å². The average molecular weight is 480 g/mol.